The molecule has 1 saturated carbocycles. The van der Waals surface area contributed by atoms with Crippen LogP contribution in [0.3, 0.4) is 0 Å². The molecule has 0 saturated heterocycles. The molecule has 1 amide bonds. The van der Waals surface area contributed by atoms with Crippen molar-refractivity contribution < 1.29 is 15.0 Å². The molecule has 1 fully saturated rings. The number of hydrogen-bond donors (Lipinski definition) is 3. The van der Waals surface area contributed by atoms with Crippen LogP contribution in [0.15, 0.2) is 30.3 Å². The molecule has 124 valence electrons. The molecule has 5 heteroatoms. The summed E-state index contributed by atoms with van der Waals surface area (Å²) in [5.74, 6) is -0.186. The van der Waals surface area contributed by atoms with Crippen molar-refractivity contribution >= 4 is 27.3 Å². The normalized spacial score (nSPS) is 18.7. The van der Waals surface area contributed by atoms with Crippen molar-refractivity contribution in [2.24, 2.45) is 0 Å². The van der Waals surface area contributed by atoms with Crippen LogP contribution in [0.1, 0.15) is 49.5 Å². The molecule has 3 N–H and O–H groups in total. The van der Waals surface area contributed by atoms with Crippen molar-refractivity contribution in [3.63, 3.8) is 0 Å². The van der Waals surface area contributed by atoms with E-state index < -0.39 is 11.7 Å². The van der Waals surface area contributed by atoms with E-state index in [0.717, 1.165) is 34.2 Å². The third-order valence-corrected chi connectivity index (χ3v) is 5.76. The summed E-state index contributed by atoms with van der Waals surface area (Å²) in [7, 11) is 0. The Balaban J connectivity index is 1.53. The standard InChI is InChI=1S/C18H23NO3S/c20-14(16-10-13-6-2-3-7-15(13)23-16)12-19-17(21)11-18(22)8-4-1-5-9-18/h2-3,6-7,10,14,20,22H,1,4-5,8-9,11-12H2,(H,19,21). The first-order valence-electron chi connectivity index (χ1n) is 8.21. The van der Waals surface area contributed by atoms with Crippen LogP contribution in [0.2, 0.25) is 0 Å². The maximum absolute atomic E-state index is 12.0. The molecule has 1 atom stereocenters. The summed E-state index contributed by atoms with van der Waals surface area (Å²) in [4.78, 5) is 12.9. The van der Waals surface area contributed by atoms with Crippen molar-refractivity contribution in [2.45, 2.75) is 50.2 Å². The van der Waals surface area contributed by atoms with Gasteiger partial charge in [0.15, 0.2) is 0 Å². The molecule has 0 bridgehead atoms. The highest BCUT2D eigenvalue weighted by Crippen LogP contribution is 2.31. The lowest BCUT2D eigenvalue weighted by Crippen LogP contribution is -2.39. The Bertz CT molecular complexity index is 643. The van der Waals surface area contributed by atoms with Gasteiger partial charge in [-0.05, 0) is 30.4 Å². The molecular weight excluding hydrogens is 310 g/mol. The van der Waals surface area contributed by atoms with Crippen LogP contribution in [0, 0.1) is 0 Å². The average Bonchev–Trinajstić information content (AvgIpc) is 2.97. The van der Waals surface area contributed by atoms with Crippen LogP contribution < -0.4 is 5.32 Å². The van der Waals surface area contributed by atoms with Crippen molar-refractivity contribution in [1.82, 2.24) is 5.32 Å². The summed E-state index contributed by atoms with van der Waals surface area (Å²) < 4.78 is 1.13. The zero-order chi connectivity index (χ0) is 16.3. The van der Waals surface area contributed by atoms with Crippen LogP contribution >= 0.6 is 11.3 Å². The zero-order valence-corrected chi connectivity index (χ0v) is 13.9. The van der Waals surface area contributed by atoms with Gasteiger partial charge in [-0.1, -0.05) is 37.5 Å². The van der Waals surface area contributed by atoms with E-state index in [2.05, 4.69) is 5.32 Å². The number of carbonyl (C=O) groups is 1. The van der Waals surface area contributed by atoms with Gasteiger partial charge in [0.2, 0.25) is 5.91 Å². The molecule has 0 radical (unpaired) electrons. The fourth-order valence-electron chi connectivity index (χ4n) is 3.23. The summed E-state index contributed by atoms with van der Waals surface area (Å²) in [5, 5.41) is 24.5. The number of carbonyl (C=O) groups excluding carboxylic acids is 1. The number of benzene rings is 1. The van der Waals surface area contributed by atoms with Gasteiger partial charge in [0, 0.05) is 16.1 Å². The van der Waals surface area contributed by atoms with E-state index in [9.17, 15) is 15.0 Å². The molecular formula is C18H23NO3S. The largest absolute Gasteiger partial charge is 0.389 e. The number of thiophene rings is 1. The number of aliphatic hydroxyl groups excluding tert-OH is 1. The highest BCUT2D eigenvalue weighted by atomic mass is 32.1. The smallest absolute Gasteiger partial charge is 0.222 e. The SMILES string of the molecule is O=C(CC1(O)CCCCC1)NCC(O)c1cc2ccccc2s1. The van der Waals surface area contributed by atoms with Gasteiger partial charge in [-0.2, -0.15) is 0 Å². The predicted octanol–water partition coefficient (Wildman–Crippen LogP) is 3.14. The minimum atomic E-state index is -0.856. The lowest BCUT2D eigenvalue weighted by atomic mass is 9.82. The first-order chi connectivity index (χ1) is 11.1. The molecule has 1 aliphatic carbocycles. The minimum Gasteiger partial charge on any atom is -0.389 e. The van der Waals surface area contributed by atoms with Gasteiger partial charge in [0.1, 0.15) is 6.10 Å². The summed E-state index contributed by atoms with van der Waals surface area (Å²) in [6.45, 7) is 0.182. The van der Waals surface area contributed by atoms with Crippen molar-refractivity contribution in [3.05, 3.63) is 35.2 Å². The van der Waals surface area contributed by atoms with Gasteiger partial charge in [-0.15, -0.1) is 11.3 Å². The average molecular weight is 333 g/mol. The van der Waals surface area contributed by atoms with E-state index in [0.29, 0.717) is 12.8 Å². The molecule has 1 heterocycles. The molecule has 2 aromatic rings. The molecule has 1 aliphatic rings. The van der Waals surface area contributed by atoms with E-state index >= 15 is 0 Å². The second-order valence-electron chi connectivity index (χ2n) is 6.47. The molecule has 1 aromatic heterocycles. The Hall–Kier alpha value is -1.43. The monoisotopic (exact) mass is 333 g/mol. The van der Waals surface area contributed by atoms with Crippen molar-refractivity contribution in [1.29, 1.82) is 0 Å². The number of aliphatic hydroxyl groups is 2. The van der Waals surface area contributed by atoms with E-state index in [4.69, 9.17) is 0 Å². The number of fused-ring (bicyclic) bond motifs is 1. The number of hydrogen-bond acceptors (Lipinski definition) is 4. The Morgan fingerprint density at radius 2 is 2.00 bits per heavy atom. The quantitative estimate of drug-likeness (QED) is 0.787. The van der Waals surface area contributed by atoms with Gasteiger partial charge < -0.3 is 15.5 Å². The predicted molar refractivity (Wildman–Crippen MR) is 92.4 cm³/mol. The second-order valence-corrected chi connectivity index (χ2v) is 7.58. The van der Waals surface area contributed by atoms with Crippen LogP contribution in [0.4, 0.5) is 0 Å². The van der Waals surface area contributed by atoms with Crippen LogP contribution in [-0.2, 0) is 4.79 Å². The summed E-state index contributed by atoms with van der Waals surface area (Å²) >= 11 is 1.54. The molecule has 23 heavy (non-hydrogen) atoms. The molecule has 4 nitrogen and oxygen atoms in total. The lowest BCUT2D eigenvalue weighted by Gasteiger charge is -2.31. The Kier molecular flexibility index (Phi) is 4.99. The van der Waals surface area contributed by atoms with Gasteiger partial charge in [-0.3, -0.25) is 4.79 Å². The number of nitrogens with one attached hydrogen (secondary N) is 1. The first-order valence-corrected chi connectivity index (χ1v) is 9.03. The maximum atomic E-state index is 12.0. The van der Waals surface area contributed by atoms with E-state index in [1.165, 1.54) is 0 Å². The summed E-state index contributed by atoms with van der Waals surface area (Å²) in [6.07, 6.45) is 3.90. The van der Waals surface area contributed by atoms with Crippen molar-refractivity contribution in [2.75, 3.05) is 6.54 Å². The number of amides is 1. The number of rotatable bonds is 5. The summed E-state index contributed by atoms with van der Waals surface area (Å²) in [5.41, 5.74) is -0.856. The minimum absolute atomic E-state index is 0.131. The third kappa shape index (κ3) is 4.10. The van der Waals surface area contributed by atoms with Crippen LogP contribution in [0.25, 0.3) is 10.1 Å². The van der Waals surface area contributed by atoms with Gasteiger partial charge in [0.05, 0.1) is 12.0 Å². The zero-order valence-electron chi connectivity index (χ0n) is 13.1. The first kappa shape index (κ1) is 16.4. The Morgan fingerprint density at radius 3 is 2.74 bits per heavy atom. The van der Waals surface area contributed by atoms with Crippen LogP contribution in [0.5, 0.6) is 0 Å². The topological polar surface area (TPSA) is 69.6 Å². The van der Waals surface area contributed by atoms with Gasteiger partial charge >= 0.3 is 0 Å². The Morgan fingerprint density at radius 1 is 1.26 bits per heavy atom. The molecule has 3 rings (SSSR count). The summed E-state index contributed by atoms with van der Waals surface area (Å²) in [6, 6.07) is 9.94. The van der Waals surface area contributed by atoms with Crippen LogP contribution in [-0.4, -0.2) is 28.3 Å². The van der Waals surface area contributed by atoms with Gasteiger partial charge in [0.25, 0.3) is 0 Å². The maximum Gasteiger partial charge on any atom is 0.222 e. The van der Waals surface area contributed by atoms with E-state index in [1.54, 1.807) is 11.3 Å². The van der Waals surface area contributed by atoms with Crippen molar-refractivity contribution in [3.8, 4) is 0 Å². The Labute approximate surface area is 140 Å². The lowest BCUT2D eigenvalue weighted by molar-refractivity contribution is -0.127. The fourth-order valence-corrected chi connectivity index (χ4v) is 4.28. The highest BCUT2D eigenvalue weighted by molar-refractivity contribution is 7.19. The molecule has 0 aliphatic heterocycles. The fraction of sp³-hybridized carbons (Fsp3) is 0.500. The highest BCUT2D eigenvalue weighted by Gasteiger charge is 2.31. The molecule has 1 aromatic carbocycles. The van der Waals surface area contributed by atoms with E-state index in [1.807, 2.05) is 30.3 Å². The van der Waals surface area contributed by atoms with E-state index in [-0.39, 0.29) is 18.9 Å². The second kappa shape index (κ2) is 6.99. The van der Waals surface area contributed by atoms with Gasteiger partial charge in [-0.25, -0.2) is 0 Å². The molecule has 1 unspecified atom stereocenters. The third-order valence-electron chi connectivity index (χ3n) is 4.54. The molecule has 0 spiro atoms.